The average molecular weight is 528 g/mol. The van der Waals surface area contributed by atoms with Gasteiger partial charge in [-0.1, -0.05) is 47.0 Å². The Bertz CT molecular complexity index is 1440. The van der Waals surface area contributed by atoms with Gasteiger partial charge in [-0.2, -0.15) is 4.98 Å². The van der Waals surface area contributed by atoms with Gasteiger partial charge in [0.2, 0.25) is 26.6 Å². The fourth-order valence-corrected chi connectivity index (χ4v) is 5.69. The molecule has 4 aromatic rings. The molecule has 0 radical (unpaired) electrons. The van der Waals surface area contributed by atoms with Crippen molar-refractivity contribution in [3.63, 3.8) is 0 Å². The molecule has 1 saturated heterocycles. The number of aromatic nitrogens is 1. The van der Waals surface area contributed by atoms with Gasteiger partial charge in [0, 0.05) is 47.5 Å². The van der Waals surface area contributed by atoms with Crippen LogP contribution in [-0.4, -0.2) is 39.6 Å². The van der Waals surface area contributed by atoms with Crippen molar-refractivity contribution >= 4 is 44.6 Å². The number of aryl methyl sites for hydroxylation is 1. The molecule has 3 aromatic carbocycles. The van der Waals surface area contributed by atoms with Crippen molar-refractivity contribution in [1.29, 1.82) is 0 Å². The summed E-state index contributed by atoms with van der Waals surface area (Å²) < 4.78 is 33.4. The molecule has 0 aliphatic carbocycles. The largest absolute Gasteiger partial charge is 0.419 e. The summed E-state index contributed by atoms with van der Waals surface area (Å²) in [5, 5.41) is 1.05. The topological polar surface area (TPSA) is 66.7 Å². The minimum Gasteiger partial charge on any atom is -0.419 e. The van der Waals surface area contributed by atoms with Crippen LogP contribution >= 0.6 is 23.2 Å². The van der Waals surface area contributed by atoms with E-state index < -0.39 is 9.84 Å². The van der Waals surface area contributed by atoms with Gasteiger partial charge >= 0.3 is 0 Å². The second kappa shape index (κ2) is 9.57. The van der Waals surface area contributed by atoms with Crippen LogP contribution in [0.2, 0.25) is 10.0 Å². The Hall–Kier alpha value is -3.00. The van der Waals surface area contributed by atoms with Gasteiger partial charge in [-0.05, 0) is 61.5 Å². The van der Waals surface area contributed by atoms with E-state index in [2.05, 4.69) is 9.88 Å². The van der Waals surface area contributed by atoms with Crippen LogP contribution in [-0.2, 0) is 9.84 Å². The number of sulfone groups is 1. The average Bonchev–Trinajstić information content (AvgIpc) is 3.31. The first-order valence-electron chi connectivity index (χ1n) is 11.2. The van der Waals surface area contributed by atoms with Crippen molar-refractivity contribution in [2.45, 2.75) is 16.8 Å². The maximum Gasteiger partial charge on any atom is 0.236 e. The van der Waals surface area contributed by atoms with Gasteiger partial charge in [0.15, 0.2) is 0 Å². The lowest BCUT2D eigenvalue weighted by atomic mass is 10.1. The highest BCUT2D eigenvalue weighted by atomic mass is 35.5. The quantitative estimate of drug-likeness (QED) is 0.311. The highest BCUT2D eigenvalue weighted by Gasteiger charge is 2.33. The summed E-state index contributed by atoms with van der Waals surface area (Å²) in [6.45, 7) is 4.49. The molecule has 0 amide bonds. The van der Waals surface area contributed by atoms with Crippen molar-refractivity contribution < 1.29 is 12.8 Å². The van der Waals surface area contributed by atoms with Crippen LogP contribution in [0.15, 0.2) is 87.1 Å². The normalized spacial score (nSPS) is 14.4. The lowest BCUT2D eigenvalue weighted by Gasteiger charge is -2.36. The van der Waals surface area contributed by atoms with Gasteiger partial charge in [0.05, 0.1) is 4.90 Å². The van der Waals surface area contributed by atoms with E-state index in [-0.39, 0.29) is 21.7 Å². The number of rotatable bonds is 5. The van der Waals surface area contributed by atoms with Crippen molar-refractivity contribution in [3.05, 3.63) is 88.4 Å². The minimum absolute atomic E-state index is 0.0911. The molecule has 2 heterocycles. The molecule has 0 atom stereocenters. The van der Waals surface area contributed by atoms with Crippen LogP contribution < -0.4 is 9.80 Å². The summed E-state index contributed by atoms with van der Waals surface area (Å²) in [5.41, 5.74) is 2.84. The molecule has 35 heavy (non-hydrogen) atoms. The number of anilines is 2. The Kier molecular flexibility index (Phi) is 6.49. The molecule has 0 N–H and O–H groups in total. The lowest BCUT2D eigenvalue weighted by Crippen LogP contribution is -2.46. The molecule has 0 bridgehead atoms. The highest BCUT2D eigenvalue weighted by Crippen LogP contribution is 2.36. The number of oxazole rings is 1. The second-order valence-electron chi connectivity index (χ2n) is 8.41. The van der Waals surface area contributed by atoms with Crippen molar-refractivity contribution in [2.75, 3.05) is 36.0 Å². The summed E-state index contributed by atoms with van der Waals surface area (Å²) in [4.78, 5) is 8.75. The zero-order chi connectivity index (χ0) is 24.6. The Morgan fingerprint density at radius 1 is 0.829 bits per heavy atom. The fourth-order valence-electron chi connectivity index (χ4n) is 4.06. The molecule has 0 saturated carbocycles. The van der Waals surface area contributed by atoms with E-state index in [1.807, 2.05) is 60.4 Å². The van der Waals surface area contributed by atoms with Gasteiger partial charge in [-0.15, -0.1) is 0 Å². The standard InChI is InChI=1S/C26H23Cl2N3O3S/c1-18-5-7-19(8-6-18)24-29-25(35(32,33)23-11-9-20(27)10-12-23)26(34-24)31-15-13-30(14-16-31)22-4-2-3-21(28)17-22/h2-12,17H,13-16H2,1H3. The van der Waals surface area contributed by atoms with Gasteiger partial charge < -0.3 is 14.2 Å². The van der Waals surface area contributed by atoms with Crippen LogP contribution in [0.3, 0.4) is 0 Å². The van der Waals surface area contributed by atoms with Crippen molar-refractivity contribution in [1.82, 2.24) is 4.98 Å². The van der Waals surface area contributed by atoms with E-state index >= 15 is 0 Å². The third-order valence-electron chi connectivity index (χ3n) is 6.00. The van der Waals surface area contributed by atoms with E-state index in [9.17, 15) is 8.42 Å². The first-order valence-corrected chi connectivity index (χ1v) is 13.4. The van der Waals surface area contributed by atoms with Gasteiger partial charge in [-0.3, -0.25) is 0 Å². The highest BCUT2D eigenvalue weighted by molar-refractivity contribution is 7.91. The fraction of sp³-hybridized carbons (Fsp3) is 0.192. The zero-order valence-corrected chi connectivity index (χ0v) is 21.3. The van der Waals surface area contributed by atoms with E-state index in [4.69, 9.17) is 27.6 Å². The first kappa shape index (κ1) is 23.7. The SMILES string of the molecule is Cc1ccc(-c2nc(S(=O)(=O)c3ccc(Cl)cc3)c(N3CCN(c4cccc(Cl)c4)CC3)o2)cc1. The van der Waals surface area contributed by atoms with Crippen molar-refractivity contribution in [2.24, 2.45) is 0 Å². The van der Waals surface area contributed by atoms with E-state index in [1.165, 1.54) is 12.1 Å². The molecule has 1 aromatic heterocycles. The van der Waals surface area contributed by atoms with Crippen LogP contribution in [0.5, 0.6) is 0 Å². The molecule has 0 unspecified atom stereocenters. The minimum atomic E-state index is -3.94. The molecule has 180 valence electrons. The van der Waals surface area contributed by atoms with Gasteiger partial charge in [0.25, 0.3) is 0 Å². The Balaban J connectivity index is 1.51. The van der Waals surface area contributed by atoms with Crippen molar-refractivity contribution in [3.8, 4) is 11.5 Å². The molecular formula is C26H23Cl2N3O3S. The van der Waals surface area contributed by atoms with E-state index in [0.29, 0.717) is 41.8 Å². The van der Waals surface area contributed by atoms with Gasteiger partial charge in [0.1, 0.15) is 0 Å². The maximum atomic E-state index is 13.6. The van der Waals surface area contributed by atoms with Crippen LogP contribution in [0.1, 0.15) is 5.56 Å². The first-order chi connectivity index (χ1) is 16.8. The predicted molar refractivity (Wildman–Crippen MR) is 139 cm³/mol. The van der Waals surface area contributed by atoms with Crippen LogP contribution in [0.4, 0.5) is 11.6 Å². The predicted octanol–water partition coefficient (Wildman–Crippen LogP) is 6.12. The molecule has 5 rings (SSSR count). The smallest absolute Gasteiger partial charge is 0.236 e. The third-order valence-corrected chi connectivity index (χ3v) is 8.15. The molecule has 1 aliphatic rings. The Morgan fingerprint density at radius 2 is 1.49 bits per heavy atom. The summed E-state index contributed by atoms with van der Waals surface area (Å²) in [5.74, 6) is 0.520. The Morgan fingerprint density at radius 3 is 2.14 bits per heavy atom. The monoisotopic (exact) mass is 527 g/mol. The number of hydrogen-bond donors (Lipinski definition) is 0. The summed E-state index contributed by atoms with van der Waals surface area (Å²) in [6, 6.07) is 21.4. The van der Waals surface area contributed by atoms with Gasteiger partial charge in [-0.25, -0.2) is 8.42 Å². The molecule has 0 spiro atoms. The number of halogens is 2. The molecule has 1 fully saturated rings. The summed E-state index contributed by atoms with van der Waals surface area (Å²) in [6.07, 6.45) is 0. The zero-order valence-electron chi connectivity index (χ0n) is 19.0. The molecule has 9 heteroatoms. The summed E-state index contributed by atoms with van der Waals surface area (Å²) >= 11 is 12.1. The second-order valence-corrected chi connectivity index (χ2v) is 11.1. The Labute approximate surface area is 214 Å². The number of nitrogens with zero attached hydrogens (tertiary/aromatic N) is 3. The maximum absolute atomic E-state index is 13.6. The number of benzene rings is 3. The van der Waals surface area contributed by atoms with E-state index in [0.717, 1.165) is 11.3 Å². The lowest BCUT2D eigenvalue weighted by molar-refractivity contribution is 0.525. The van der Waals surface area contributed by atoms with E-state index in [1.54, 1.807) is 12.1 Å². The number of piperazine rings is 1. The summed E-state index contributed by atoms with van der Waals surface area (Å²) in [7, 11) is -3.94. The van der Waals surface area contributed by atoms with Crippen LogP contribution in [0.25, 0.3) is 11.5 Å². The molecular weight excluding hydrogens is 505 g/mol. The molecule has 1 aliphatic heterocycles. The van der Waals surface area contributed by atoms with Crippen LogP contribution in [0, 0.1) is 6.92 Å². The number of hydrogen-bond acceptors (Lipinski definition) is 6. The third kappa shape index (κ3) is 4.89. The molecule has 6 nitrogen and oxygen atoms in total.